The minimum atomic E-state index is -4.17. The molecule has 0 aliphatic rings. The molecule has 132 valence electrons. The van der Waals surface area contributed by atoms with E-state index in [1.54, 1.807) is 12.1 Å². The fourth-order valence-corrected chi connectivity index (χ4v) is 4.05. The van der Waals surface area contributed by atoms with Crippen molar-refractivity contribution in [1.82, 2.24) is 9.97 Å². The molecule has 0 fully saturated rings. The van der Waals surface area contributed by atoms with Crippen LogP contribution in [0, 0.1) is 0 Å². The van der Waals surface area contributed by atoms with E-state index < -0.39 is 11.9 Å². The predicted octanol–water partition coefficient (Wildman–Crippen LogP) is 6.17. The van der Waals surface area contributed by atoms with Crippen LogP contribution in [0.4, 0.5) is 19.0 Å². The zero-order valence-corrected chi connectivity index (χ0v) is 15.4. The highest BCUT2D eigenvalue weighted by Gasteiger charge is 2.27. The van der Waals surface area contributed by atoms with Crippen molar-refractivity contribution in [2.24, 2.45) is 0 Å². The lowest BCUT2D eigenvalue weighted by Crippen LogP contribution is -2.10. The van der Waals surface area contributed by atoms with Gasteiger partial charge >= 0.3 is 6.18 Å². The Labute approximate surface area is 155 Å². The molecule has 0 bridgehead atoms. The Morgan fingerprint density at radius 2 is 1.96 bits per heavy atom. The molecule has 25 heavy (non-hydrogen) atoms. The third-order valence-electron chi connectivity index (χ3n) is 3.46. The monoisotopic (exact) mass is 403 g/mol. The number of thiophene rings is 1. The Balaban J connectivity index is 1.72. The van der Waals surface area contributed by atoms with Crippen molar-refractivity contribution < 1.29 is 13.2 Å². The predicted molar refractivity (Wildman–Crippen MR) is 97.7 cm³/mol. The third-order valence-corrected chi connectivity index (χ3v) is 5.85. The number of hydrogen-bond donors (Lipinski definition) is 1. The number of thioether (sulfide) groups is 1. The summed E-state index contributed by atoms with van der Waals surface area (Å²) in [7, 11) is 0. The van der Waals surface area contributed by atoms with Gasteiger partial charge in [0.1, 0.15) is 17.0 Å². The molecular weight excluding hydrogens is 391 g/mol. The lowest BCUT2D eigenvalue weighted by atomic mass is 10.1. The van der Waals surface area contributed by atoms with E-state index >= 15 is 0 Å². The summed E-state index contributed by atoms with van der Waals surface area (Å²) in [6, 6.07) is 6.91. The molecule has 0 aliphatic carbocycles. The summed E-state index contributed by atoms with van der Waals surface area (Å²) in [5.74, 6) is -0.255. The van der Waals surface area contributed by atoms with Crippen molar-refractivity contribution in [1.29, 1.82) is 0 Å². The van der Waals surface area contributed by atoms with Crippen molar-refractivity contribution in [3.63, 3.8) is 0 Å². The fraction of sp³-hybridized carbons (Fsp3) is 0.250. The minimum absolute atomic E-state index is 0.0873. The van der Waals surface area contributed by atoms with Crippen molar-refractivity contribution in [3.05, 3.63) is 46.6 Å². The number of halogens is 4. The molecule has 0 spiro atoms. The second-order valence-corrected chi connectivity index (χ2v) is 7.64. The number of nitrogens with zero attached hydrogens (tertiary/aromatic N) is 2. The maximum atomic E-state index is 12.3. The van der Waals surface area contributed by atoms with Crippen LogP contribution in [0.25, 0.3) is 10.2 Å². The molecular formula is C16H13ClF3N3S2. The number of aromatic nitrogens is 2. The van der Waals surface area contributed by atoms with E-state index in [9.17, 15) is 13.2 Å². The number of rotatable bonds is 5. The molecule has 0 aliphatic heterocycles. The lowest BCUT2D eigenvalue weighted by molar-refractivity contribution is -0.105. The van der Waals surface area contributed by atoms with Gasteiger partial charge in [0.05, 0.1) is 16.2 Å². The van der Waals surface area contributed by atoms with E-state index in [2.05, 4.69) is 15.3 Å². The van der Waals surface area contributed by atoms with Crippen LogP contribution in [0.2, 0.25) is 5.02 Å². The Hall–Kier alpha value is -1.51. The van der Waals surface area contributed by atoms with Gasteiger partial charge in [0, 0.05) is 16.3 Å². The van der Waals surface area contributed by atoms with Gasteiger partial charge in [-0.3, -0.25) is 0 Å². The largest absolute Gasteiger partial charge is 0.398 e. The second kappa shape index (κ2) is 7.39. The van der Waals surface area contributed by atoms with E-state index in [1.807, 2.05) is 24.4 Å². The van der Waals surface area contributed by atoms with E-state index in [-0.39, 0.29) is 6.04 Å². The summed E-state index contributed by atoms with van der Waals surface area (Å²) in [6.07, 6.45) is -2.70. The van der Waals surface area contributed by atoms with Gasteiger partial charge in [0.2, 0.25) is 0 Å². The molecule has 1 aromatic carbocycles. The molecule has 0 radical (unpaired) electrons. The second-order valence-electron chi connectivity index (χ2n) is 5.32. The number of hydrogen-bond acceptors (Lipinski definition) is 5. The number of anilines is 1. The molecule has 1 unspecified atom stereocenters. The first-order valence-electron chi connectivity index (χ1n) is 7.27. The summed E-state index contributed by atoms with van der Waals surface area (Å²) in [6.45, 7) is 1.95. The van der Waals surface area contributed by atoms with E-state index in [0.29, 0.717) is 15.7 Å². The Morgan fingerprint density at radius 3 is 2.64 bits per heavy atom. The molecule has 9 heteroatoms. The van der Waals surface area contributed by atoms with E-state index in [4.69, 9.17) is 11.6 Å². The average molecular weight is 404 g/mol. The number of nitrogens with one attached hydrogen (secondary N) is 1. The first-order chi connectivity index (χ1) is 11.8. The molecule has 3 aromatic rings. The smallest absolute Gasteiger partial charge is 0.363 e. The summed E-state index contributed by atoms with van der Waals surface area (Å²) in [5.41, 5.74) is 0.939. The fourth-order valence-electron chi connectivity index (χ4n) is 2.26. The number of alkyl halides is 3. The van der Waals surface area contributed by atoms with Crippen molar-refractivity contribution >= 4 is 50.7 Å². The van der Waals surface area contributed by atoms with Crippen molar-refractivity contribution in [2.75, 3.05) is 11.1 Å². The van der Waals surface area contributed by atoms with Crippen LogP contribution in [-0.4, -0.2) is 21.9 Å². The van der Waals surface area contributed by atoms with E-state index in [1.165, 1.54) is 17.7 Å². The van der Waals surface area contributed by atoms with Crippen LogP contribution in [0.5, 0.6) is 0 Å². The van der Waals surface area contributed by atoms with Crippen LogP contribution in [0.3, 0.4) is 0 Å². The average Bonchev–Trinajstić information content (AvgIpc) is 2.95. The molecule has 0 saturated heterocycles. The highest BCUT2D eigenvalue weighted by atomic mass is 35.5. The van der Waals surface area contributed by atoms with Gasteiger partial charge in [-0.2, -0.15) is 13.2 Å². The SMILES string of the molecule is CC(Nc1ncnc2scc(Cl)c12)c1ccc(SCC(F)(F)F)cc1. The Morgan fingerprint density at radius 1 is 1.24 bits per heavy atom. The summed E-state index contributed by atoms with van der Waals surface area (Å²) < 4.78 is 36.8. The maximum absolute atomic E-state index is 12.3. The van der Waals surface area contributed by atoms with Gasteiger partial charge < -0.3 is 5.32 Å². The molecule has 3 nitrogen and oxygen atoms in total. The summed E-state index contributed by atoms with van der Waals surface area (Å²) >= 11 is 8.41. The number of fused-ring (bicyclic) bond motifs is 1. The van der Waals surface area contributed by atoms with Crippen LogP contribution < -0.4 is 5.32 Å². The quantitative estimate of drug-likeness (QED) is 0.517. The Kier molecular flexibility index (Phi) is 5.41. The normalized spacial score (nSPS) is 13.2. The highest BCUT2D eigenvalue weighted by molar-refractivity contribution is 7.99. The zero-order chi connectivity index (χ0) is 18.0. The molecule has 1 atom stereocenters. The molecule has 2 heterocycles. The summed E-state index contributed by atoms with van der Waals surface area (Å²) in [5, 5.41) is 6.47. The topological polar surface area (TPSA) is 37.8 Å². The van der Waals surface area contributed by atoms with Crippen LogP contribution in [0.15, 0.2) is 40.9 Å². The van der Waals surface area contributed by atoms with E-state index in [0.717, 1.165) is 27.5 Å². The first kappa shape index (κ1) is 18.3. The lowest BCUT2D eigenvalue weighted by Gasteiger charge is -2.16. The molecule has 3 rings (SSSR count). The molecule has 0 amide bonds. The molecule has 2 aromatic heterocycles. The standard InChI is InChI=1S/C16H13ClF3N3S2/c1-9(10-2-4-11(5-3-10)25-7-16(18,19)20)23-14-13-12(17)6-24-15(13)22-8-21-14/h2-6,8-9H,7H2,1H3,(H,21,22,23). The van der Waals surface area contributed by atoms with Gasteiger partial charge in [-0.05, 0) is 24.6 Å². The Bertz CT molecular complexity index is 865. The van der Waals surface area contributed by atoms with Gasteiger partial charge in [0.25, 0.3) is 0 Å². The maximum Gasteiger partial charge on any atom is 0.398 e. The van der Waals surface area contributed by atoms with Gasteiger partial charge in [0.15, 0.2) is 0 Å². The van der Waals surface area contributed by atoms with Crippen molar-refractivity contribution in [3.8, 4) is 0 Å². The van der Waals surface area contributed by atoms with Gasteiger partial charge in [-0.15, -0.1) is 23.1 Å². The van der Waals surface area contributed by atoms with Gasteiger partial charge in [-0.25, -0.2) is 9.97 Å². The highest BCUT2D eigenvalue weighted by Crippen LogP contribution is 2.34. The first-order valence-corrected chi connectivity index (χ1v) is 9.51. The van der Waals surface area contributed by atoms with Gasteiger partial charge in [-0.1, -0.05) is 23.7 Å². The molecule has 1 N–H and O–H groups in total. The van der Waals surface area contributed by atoms with Crippen LogP contribution in [0.1, 0.15) is 18.5 Å². The zero-order valence-electron chi connectivity index (χ0n) is 13.0. The van der Waals surface area contributed by atoms with Crippen LogP contribution in [-0.2, 0) is 0 Å². The molecule has 0 saturated carbocycles. The third kappa shape index (κ3) is 4.56. The van der Waals surface area contributed by atoms with Crippen LogP contribution >= 0.6 is 34.7 Å². The van der Waals surface area contributed by atoms with Crippen molar-refractivity contribution in [2.45, 2.75) is 24.0 Å². The summed E-state index contributed by atoms with van der Waals surface area (Å²) in [4.78, 5) is 9.81. The minimum Gasteiger partial charge on any atom is -0.363 e. The number of benzene rings is 1.